The lowest BCUT2D eigenvalue weighted by Gasteiger charge is -2.46. The third-order valence-corrected chi connectivity index (χ3v) is 3.85. The SMILES string of the molecule is CN(C(=O)N1CC(CC(=O)O)OCC1(C)C)c1ccccc1. The Bertz CT molecular complexity index is 544. The molecule has 6 heteroatoms. The van der Waals surface area contributed by atoms with Gasteiger partial charge in [0, 0.05) is 19.3 Å². The van der Waals surface area contributed by atoms with E-state index in [9.17, 15) is 9.59 Å². The molecule has 120 valence electrons. The van der Waals surface area contributed by atoms with Gasteiger partial charge >= 0.3 is 12.0 Å². The zero-order valence-electron chi connectivity index (χ0n) is 13.2. The van der Waals surface area contributed by atoms with Crippen molar-refractivity contribution in [1.82, 2.24) is 4.90 Å². The number of hydrogen-bond donors (Lipinski definition) is 1. The molecule has 1 aromatic rings. The number of hydrogen-bond acceptors (Lipinski definition) is 3. The molecule has 1 aliphatic heterocycles. The smallest absolute Gasteiger partial charge is 0.324 e. The lowest BCUT2D eigenvalue weighted by atomic mass is 10.0. The van der Waals surface area contributed by atoms with E-state index in [0.717, 1.165) is 5.69 Å². The first-order valence-corrected chi connectivity index (χ1v) is 7.25. The molecule has 1 aliphatic rings. The van der Waals surface area contributed by atoms with Crippen molar-refractivity contribution in [2.75, 3.05) is 25.1 Å². The monoisotopic (exact) mass is 306 g/mol. The number of carboxylic acids is 1. The van der Waals surface area contributed by atoms with Crippen molar-refractivity contribution in [3.05, 3.63) is 30.3 Å². The number of ether oxygens (including phenoxy) is 1. The zero-order valence-corrected chi connectivity index (χ0v) is 13.2. The first-order chi connectivity index (χ1) is 10.3. The maximum absolute atomic E-state index is 12.8. The quantitative estimate of drug-likeness (QED) is 0.929. The maximum atomic E-state index is 12.8. The number of anilines is 1. The molecular weight excluding hydrogens is 284 g/mol. The molecule has 1 N–H and O–H groups in total. The molecule has 0 bridgehead atoms. The van der Waals surface area contributed by atoms with E-state index in [0.29, 0.717) is 6.61 Å². The van der Waals surface area contributed by atoms with Crippen LogP contribution in [0.25, 0.3) is 0 Å². The van der Waals surface area contributed by atoms with E-state index in [4.69, 9.17) is 9.84 Å². The van der Waals surface area contributed by atoms with E-state index in [1.807, 2.05) is 44.2 Å². The lowest BCUT2D eigenvalue weighted by Crippen LogP contribution is -2.61. The van der Waals surface area contributed by atoms with Crippen LogP contribution < -0.4 is 4.90 Å². The summed E-state index contributed by atoms with van der Waals surface area (Å²) in [6, 6.07) is 9.20. The van der Waals surface area contributed by atoms with E-state index in [2.05, 4.69) is 0 Å². The summed E-state index contributed by atoms with van der Waals surface area (Å²) in [5, 5.41) is 8.91. The fourth-order valence-corrected chi connectivity index (χ4v) is 2.50. The Labute approximate surface area is 130 Å². The number of para-hydroxylation sites is 1. The topological polar surface area (TPSA) is 70.1 Å². The van der Waals surface area contributed by atoms with Gasteiger partial charge < -0.3 is 14.7 Å². The summed E-state index contributed by atoms with van der Waals surface area (Å²) in [4.78, 5) is 26.9. The minimum atomic E-state index is -0.923. The van der Waals surface area contributed by atoms with Gasteiger partial charge in [-0.05, 0) is 26.0 Å². The highest BCUT2D eigenvalue weighted by Crippen LogP contribution is 2.26. The molecule has 6 nitrogen and oxygen atoms in total. The number of aliphatic carboxylic acids is 1. The average molecular weight is 306 g/mol. The molecule has 1 aromatic carbocycles. The van der Waals surface area contributed by atoms with Gasteiger partial charge in [0.05, 0.1) is 24.7 Å². The fraction of sp³-hybridized carbons (Fsp3) is 0.500. The number of rotatable bonds is 3. The molecular formula is C16H22N2O4. The second kappa shape index (κ2) is 6.36. The molecule has 2 amide bonds. The minimum absolute atomic E-state index is 0.102. The van der Waals surface area contributed by atoms with Crippen LogP contribution in [0.2, 0.25) is 0 Å². The van der Waals surface area contributed by atoms with Crippen molar-refractivity contribution in [3.8, 4) is 0 Å². The van der Waals surface area contributed by atoms with E-state index in [1.54, 1.807) is 16.8 Å². The second-order valence-corrected chi connectivity index (χ2v) is 6.13. The maximum Gasteiger partial charge on any atom is 0.324 e. The van der Waals surface area contributed by atoms with Crippen LogP contribution in [0.1, 0.15) is 20.3 Å². The fourth-order valence-electron chi connectivity index (χ4n) is 2.50. The molecule has 22 heavy (non-hydrogen) atoms. The van der Waals surface area contributed by atoms with Crippen LogP contribution >= 0.6 is 0 Å². The van der Waals surface area contributed by atoms with Crippen LogP contribution in [0.4, 0.5) is 10.5 Å². The third kappa shape index (κ3) is 3.57. The van der Waals surface area contributed by atoms with Crippen molar-refractivity contribution in [2.24, 2.45) is 0 Å². The molecule has 1 heterocycles. The highest BCUT2D eigenvalue weighted by molar-refractivity contribution is 5.92. The van der Waals surface area contributed by atoms with E-state index < -0.39 is 17.6 Å². The van der Waals surface area contributed by atoms with Crippen molar-refractivity contribution in [1.29, 1.82) is 0 Å². The standard InChI is InChI=1S/C16H22N2O4/c1-16(2)11-22-13(9-14(19)20)10-18(16)15(21)17(3)12-7-5-4-6-8-12/h4-8,13H,9-11H2,1-3H3,(H,19,20). The summed E-state index contributed by atoms with van der Waals surface area (Å²) in [7, 11) is 1.72. The Morgan fingerprint density at radius 2 is 2.00 bits per heavy atom. The number of amides is 2. The molecule has 1 fully saturated rings. The third-order valence-electron chi connectivity index (χ3n) is 3.85. The predicted molar refractivity (Wildman–Crippen MR) is 83.0 cm³/mol. The average Bonchev–Trinajstić information content (AvgIpc) is 2.48. The largest absolute Gasteiger partial charge is 0.481 e. The van der Waals surface area contributed by atoms with Gasteiger partial charge in [-0.3, -0.25) is 9.69 Å². The molecule has 1 saturated heterocycles. The molecule has 2 rings (SSSR count). The van der Waals surface area contributed by atoms with E-state index in [-0.39, 0.29) is 19.0 Å². The van der Waals surface area contributed by atoms with Gasteiger partial charge in [-0.1, -0.05) is 18.2 Å². The Balaban J connectivity index is 2.15. The van der Waals surface area contributed by atoms with Gasteiger partial charge in [-0.15, -0.1) is 0 Å². The van der Waals surface area contributed by atoms with Crippen molar-refractivity contribution < 1.29 is 19.4 Å². The number of carbonyl (C=O) groups excluding carboxylic acids is 1. The Kier molecular flexibility index (Phi) is 4.71. The van der Waals surface area contributed by atoms with Crippen LogP contribution in [0, 0.1) is 0 Å². The molecule has 0 spiro atoms. The molecule has 0 aromatic heterocycles. The summed E-state index contributed by atoms with van der Waals surface area (Å²) in [5.74, 6) is -0.923. The second-order valence-electron chi connectivity index (χ2n) is 6.13. The van der Waals surface area contributed by atoms with Crippen LogP contribution in [0.3, 0.4) is 0 Å². The first kappa shape index (κ1) is 16.3. The summed E-state index contributed by atoms with van der Waals surface area (Å²) in [5.41, 5.74) is 0.319. The molecule has 0 saturated carbocycles. The zero-order chi connectivity index (χ0) is 16.3. The first-order valence-electron chi connectivity index (χ1n) is 7.25. The lowest BCUT2D eigenvalue weighted by molar-refractivity contribution is -0.144. The van der Waals surface area contributed by atoms with Gasteiger partial charge in [0.25, 0.3) is 0 Å². The highest BCUT2D eigenvalue weighted by Gasteiger charge is 2.40. The predicted octanol–water partition coefficient (Wildman–Crippen LogP) is 2.20. The number of carbonyl (C=O) groups is 2. The Hall–Kier alpha value is -2.08. The number of nitrogens with zero attached hydrogens (tertiary/aromatic N) is 2. The van der Waals surface area contributed by atoms with Gasteiger partial charge in [-0.2, -0.15) is 0 Å². The van der Waals surface area contributed by atoms with Crippen molar-refractivity contribution in [2.45, 2.75) is 31.9 Å². The minimum Gasteiger partial charge on any atom is -0.481 e. The molecule has 1 atom stereocenters. The van der Waals surface area contributed by atoms with Gasteiger partial charge in [0.1, 0.15) is 0 Å². The highest BCUT2D eigenvalue weighted by atomic mass is 16.5. The van der Waals surface area contributed by atoms with Crippen molar-refractivity contribution in [3.63, 3.8) is 0 Å². The summed E-state index contributed by atoms with van der Waals surface area (Å²) >= 11 is 0. The number of urea groups is 1. The summed E-state index contributed by atoms with van der Waals surface area (Å²) < 4.78 is 5.58. The molecule has 0 aliphatic carbocycles. The van der Waals surface area contributed by atoms with Crippen LogP contribution in [0.15, 0.2) is 30.3 Å². The van der Waals surface area contributed by atoms with Gasteiger partial charge in [0.15, 0.2) is 0 Å². The summed E-state index contributed by atoms with van der Waals surface area (Å²) in [6.07, 6.45) is -0.576. The Morgan fingerprint density at radius 1 is 1.36 bits per heavy atom. The molecule has 0 radical (unpaired) electrons. The van der Waals surface area contributed by atoms with E-state index in [1.165, 1.54) is 0 Å². The number of morpholine rings is 1. The van der Waals surface area contributed by atoms with E-state index >= 15 is 0 Å². The van der Waals surface area contributed by atoms with Crippen LogP contribution in [0.5, 0.6) is 0 Å². The van der Waals surface area contributed by atoms with Gasteiger partial charge in [-0.25, -0.2) is 4.79 Å². The van der Waals surface area contributed by atoms with Crippen LogP contribution in [-0.2, 0) is 9.53 Å². The normalized spacial score (nSPS) is 20.5. The summed E-state index contributed by atoms with van der Waals surface area (Å²) in [6.45, 7) is 4.43. The van der Waals surface area contributed by atoms with Crippen LogP contribution in [-0.4, -0.2) is 53.8 Å². The van der Waals surface area contributed by atoms with Gasteiger partial charge in [0.2, 0.25) is 0 Å². The van der Waals surface area contributed by atoms with Crippen molar-refractivity contribution >= 4 is 17.7 Å². The molecule has 1 unspecified atom stereocenters. The Morgan fingerprint density at radius 3 is 2.59 bits per heavy atom. The number of carboxylic acid groups (broad SMARTS) is 1. The number of benzene rings is 1.